The summed E-state index contributed by atoms with van der Waals surface area (Å²) in [6.45, 7) is 2.75. The van der Waals surface area contributed by atoms with Crippen LogP contribution in [0.15, 0.2) is 60.0 Å². The highest BCUT2D eigenvalue weighted by molar-refractivity contribution is 7.13. The lowest BCUT2D eigenvalue weighted by Crippen LogP contribution is -2.35. The number of benzene rings is 2. The fourth-order valence-electron chi connectivity index (χ4n) is 3.22. The van der Waals surface area contributed by atoms with Gasteiger partial charge in [0.25, 0.3) is 5.91 Å². The van der Waals surface area contributed by atoms with Crippen LogP contribution < -0.4 is 15.5 Å². The van der Waals surface area contributed by atoms with E-state index in [1.54, 1.807) is 58.7 Å². The van der Waals surface area contributed by atoms with Crippen LogP contribution in [0.5, 0.6) is 0 Å². The number of hydrogen-bond acceptors (Lipinski definition) is 5. The van der Waals surface area contributed by atoms with Gasteiger partial charge >= 0.3 is 6.09 Å². The zero-order chi connectivity index (χ0) is 24.0. The maximum atomic E-state index is 12.9. The third kappa shape index (κ3) is 6.41. The van der Waals surface area contributed by atoms with Crippen LogP contribution in [0.3, 0.4) is 0 Å². The first-order chi connectivity index (χ1) is 15.7. The van der Waals surface area contributed by atoms with Gasteiger partial charge in [-0.25, -0.2) is 4.79 Å². The van der Waals surface area contributed by atoms with Crippen LogP contribution in [0.4, 0.5) is 21.9 Å². The van der Waals surface area contributed by atoms with Crippen molar-refractivity contribution in [2.24, 2.45) is 0 Å². The molecule has 1 aromatic heterocycles. The Hall–Kier alpha value is -3.69. The molecule has 0 radical (unpaired) electrons. The highest BCUT2D eigenvalue weighted by Gasteiger charge is 2.15. The summed E-state index contributed by atoms with van der Waals surface area (Å²) in [6.07, 6.45) is -1.22. The Morgan fingerprint density at radius 3 is 2.24 bits per heavy atom. The standard InChI is InChI=1S/C24H26N4O4S/c1-16(29)28(13-12-27(2)3)19-9-6-17(7-10-19)23(30)25-21-15-18(22-5-4-14-33-22)8-11-20(21)26-24(31)32/h4-11,14-15,26H,12-13H2,1-3H3,(H,25,30)(H,31,32). The molecule has 3 amide bonds. The molecule has 0 saturated carbocycles. The number of thiophene rings is 1. The summed E-state index contributed by atoms with van der Waals surface area (Å²) in [5.41, 5.74) is 2.59. The van der Waals surface area contributed by atoms with Gasteiger partial charge < -0.3 is 20.2 Å². The van der Waals surface area contributed by atoms with E-state index < -0.39 is 6.09 Å². The highest BCUT2D eigenvalue weighted by Crippen LogP contribution is 2.32. The summed E-state index contributed by atoms with van der Waals surface area (Å²) in [5, 5.41) is 16.2. The first-order valence-corrected chi connectivity index (χ1v) is 11.1. The SMILES string of the molecule is CC(=O)N(CCN(C)C)c1ccc(C(=O)Nc2cc(-c3cccs3)ccc2NC(=O)O)cc1. The largest absolute Gasteiger partial charge is 0.465 e. The molecular weight excluding hydrogens is 440 g/mol. The van der Waals surface area contributed by atoms with Gasteiger partial charge in [-0.1, -0.05) is 12.1 Å². The van der Waals surface area contributed by atoms with Crippen LogP contribution >= 0.6 is 11.3 Å². The molecule has 0 saturated heterocycles. The number of hydrogen-bond donors (Lipinski definition) is 3. The van der Waals surface area contributed by atoms with E-state index in [4.69, 9.17) is 5.11 Å². The molecule has 8 nitrogen and oxygen atoms in total. The van der Waals surface area contributed by atoms with Crippen molar-refractivity contribution >= 4 is 46.3 Å². The number of anilines is 3. The molecule has 3 N–H and O–H groups in total. The van der Waals surface area contributed by atoms with E-state index in [1.807, 2.05) is 36.5 Å². The van der Waals surface area contributed by atoms with Crippen molar-refractivity contribution < 1.29 is 19.5 Å². The fourth-order valence-corrected chi connectivity index (χ4v) is 3.95. The minimum Gasteiger partial charge on any atom is -0.465 e. The quantitative estimate of drug-likeness (QED) is 0.448. The molecule has 0 bridgehead atoms. The van der Waals surface area contributed by atoms with Crippen LogP contribution in [0.2, 0.25) is 0 Å². The number of carbonyl (C=O) groups is 3. The highest BCUT2D eigenvalue weighted by atomic mass is 32.1. The van der Waals surface area contributed by atoms with Gasteiger partial charge in [-0.05, 0) is 67.5 Å². The van der Waals surface area contributed by atoms with E-state index >= 15 is 0 Å². The number of nitrogens with zero attached hydrogens (tertiary/aromatic N) is 2. The predicted molar refractivity (Wildman–Crippen MR) is 132 cm³/mol. The third-order valence-corrected chi connectivity index (χ3v) is 5.83. The van der Waals surface area contributed by atoms with Crippen molar-refractivity contribution in [2.75, 3.05) is 42.7 Å². The second-order valence-corrected chi connectivity index (χ2v) is 8.59. The molecule has 0 fully saturated rings. The molecule has 0 aliphatic rings. The molecule has 33 heavy (non-hydrogen) atoms. The Kier molecular flexibility index (Phi) is 7.81. The summed E-state index contributed by atoms with van der Waals surface area (Å²) in [4.78, 5) is 40.8. The van der Waals surface area contributed by atoms with Gasteiger partial charge in [0.05, 0.1) is 11.4 Å². The van der Waals surface area contributed by atoms with Crippen LogP contribution in [0, 0.1) is 0 Å². The molecule has 172 valence electrons. The molecule has 1 heterocycles. The van der Waals surface area contributed by atoms with Gasteiger partial charge in [0, 0.05) is 36.1 Å². The second-order valence-electron chi connectivity index (χ2n) is 7.64. The fraction of sp³-hybridized carbons (Fsp3) is 0.208. The van der Waals surface area contributed by atoms with Crippen molar-refractivity contribution in [3.8, 4) is 10.4 Å². The lowest BCUT2D eigenvalue weighted by atomic mass is 10.1. The Balaban J connectivity index is 1.82. The van der Waals surface area contributed by atoms with Gasteiger partial charge in [-0.2, -0.15) is 0 Å². The van der Waals surface area contributed by atoms with Crippen molar-refractivity contribution in [2.45, 2.75) is 6.92 Å². The summed E-state index contributed by atoms with van der Waals surface area (Å²) in [5.74, 6) is -0.468. The van der Waals surface area contributed by atoms with Crippen molar-refractivity contribution in [3.05, 3.63) is 65.5 Å². The van der Waals surface area contributed by atoms with E-state index in [0.29, 0.717) is 30.0 Å². The molecule has 3 rings (SSSR count). The van der Waals surface area contributed by atoms with Crippen molar-refractivity contribution in [3.63, 3.8) is 0 Å². The van der Waals surface area contributed by atoms with Gasteiger partial charge in [-0.3, -0.25) is 14.9 Å². The summed E-state index contributed by atoms with van der Waals surface area (Å²) < 4.78 is 0. The Morgan fingerprint density at radius 1 is 0.939 bits per heavy atom. The van der Waals surface area contributed by atoms with Gasteiger partial charge in [0.15, 0.2) is 0 Å². The Labute approximate surface area is 196 Å². The minimum atomic E-state index is -1.22. The smallest absolute Gasteiger partial charge is 0.409 e. The third-order valence-electron chi connectivity index (χ3n) is 4.91. The van der Waals surface area contributed by atoms with Crippen LogP contribution in [0.1, 0.15) is 17.3 Å². The normalized spacial score (nSPS) is 10.7. The maximum Gasteiger partial charge on any atom is 0.409 e. The molecule has 3 aromatic rings. The lowest BCUT2D eigenvalue weighted by molar-refractivity contribution is -0.116. The first-order valence-electron chi connectivity index (χ1n) is 10.3. The number of carbonyl (C=O) groups excluding carboxylic acids is 2. The maximum absolute atomic E-state index is 12.9. The molecule has 0 aliphatic carbocycles. The van der Waals surface area contributed by atoms with E-state index in [2.05, 4.69) is 10.6 Å². The second kappa shape index (κ2) is 10.8. The predicted octanol–water partition coefficient (Wildman–Crippen LogP) is 4.67. The number of rotatable bonds is 8. The van der Waals surface area contributed by atoms with Gasteiger partial charge in [0.1, 0.15) is 0 Å². The molecule has 2 aromatic carbocycles. The topological polar surface area (TPSA) is 102 Å². The van der Waals surface area contributed by atoms with E-state index in [-0.39, 0.29) is 17.5 Å². The minimum absolute atomic E-state index is 0.0798. The summed E-state index contributed by atoms with van der Waals surface area (Å²) >= 11 is 1.55. The monoisotopic (exact) mass is 466 g/mol. The molecule has 0 spiro atoms. The molecule has 0 atom stereocenters. The number of nitrogens with one attached hydrogen (secondary N) is 2. The van der Waals surface area contributed by atoms with Crippen LogP contribution in [-0.2, 0) is 4.79 Å². The van der Waals surface area contributed by atoms with Crippen molar-refractivity contribution in [1.29, 1.82) is 0 Å². The number of amides is 3. The van der Waals surface area contributed by atoms with Crippen LogP contribution in [-0.4, -0.2) is 55.1 Å². The average Bonchev–Trinajstić information content (AvgIpc) is 3.29. The number of carboxylic acid groups (broad SMARTS) is 1. The van der Waals surface area contributed by atoms with E-state index in [0.717, 1.165) is 10.4 Å². The Bertz CT molecular complexity index is 1130. The molecule has 0 unspecified atom stereocenters. The van der Waals surface area contributed by atoms with Crippen molar-refractivity contribution in [1.82, 2.24) is 4.90 Å². The first kappa shape index (κ1) is 24.0. The number of likely N-dealkylation sites (N-methyl/N-ethyl adjacent to an activating group) is 1. The summed E-state index contributed by atoms with van der Waals surface area (Å²) in [6, 6.07) is 15.8. The molecular formula is C24H26N4O4S. The Morgan fingerprint density at radius 2 is 1.67 bits per heavy atom. The zero-order valence-corrected chi connectivity index (χ0v) is 19.5. The van der Waals surface area contributed by atoms with Crippen LogP contribution in [0.25, 0.3) is 10.4 Å². The molecule has 9 heteroatoms. The van der Waals surface area contributed by atoms with Gasteiger partial charge in [-0.15, -0.1) is 11.3 Å². The van der Waals surface area contributed by atoms with E-state index in [1.165, 1.54) is 6.92 Å². The zero-order valence-electron chi connectivity index (χ0n) is 18.7. The molecule has 0 aliphatic heterocycles. The lowest BCUT2D eigenvalue weighted by Gasteiger charge is -2.23. The average molecular weight is 467 g/mol. The summed E-state index contributed by atoms with van der Waals surface area (Å²) in [7, 11) is 3.87. The van der Waals surface area contributed by atoms with Gasteiger partial charge in [0.2, 0.25) is 5.91 Å². The van der Waals surface area contributed by atoms with E-state index in [9.17, 15) is 14.4 Å².